The summed E-state index contributed by atoms with van der Waals surface area (Å²) in [7, 11) is 0. The van der Waals surface area contributed by atoms with E-state index >= 15 is 0 Å². The highest BCUT2D eigenvalue weighted by Gasteiger charge is 2.09. The minimum Gasteiger partial charge on any atom is -0.491 e. The Bertz CT molecular complexity index is 835. The van der Waals surface area contributed by atoms with Crippen LogP contribution in [-0.2, 0) is 4.79 Å². The van der Waals surface area contributed by atoms with Crippen molar-refractivity contribution in [3.8, 4) is 5.75 Å². The fourth-order valence-corrected chi connectivity index (χ4v) is 2.64. The van der Waals surface area contributed by atoms with Crippen molar-refractivity contribution >= 4 is 40.5 Å². The number of amides is 2. The maximum absolute atomic E-state index is 12.3. The molecule has 2 amide bonds. The lowest BCUT2D eigenvalue weighted by molar-refractivity contribution is -0.116. The van der Waals surface area contributed by atoms with E-state index in [1.165, 1.54) is 0 Å². The number of hydrogen-bond donors (Lipinski definition) is 3. The van der Waals surface area contributed by atoms with Gasteiger partial charge in [0.05, 0.1) is 6.10 Å². The molecule has 0 spiro atoms. The molecule has 0 aliphatic carbocycles. The van der Waals surface area contributed by atoms with Crippen LogP contribution in [0.4, 0.5) is 11.4 Å². The fraction of sp³-hybridized carbons (Fsp3) is 0.318. The van der Waals surface area contributed by atoms with Crippen molar-refractivity contribution in [2.24, 2.45) is 0 Å². The third kappa shape index (κ3) is 7.54. The van der Waals surface area contributed by atoms with Crippen LogP contribution in [0.2, 0.25) is 0 Å². The lowest BCUT2D eigenvalue weighted by Gasteiger charge is -2.13. The maximum Gasteiger partial charge on any atom is 0.257 e. The van der Waals surface area contributed by atoms with Gasteiger partial charge in [0.2, 0.25) is 5.91 Å². The summed E-state index contributed by atoms with van der Waals surface area (Å²) in [6.45, 7) is 6.00. The summed E-state index contributed by atoms with van der Waals surface area (Å²) in [5.74, 6) is 0.403. The first-order chi connectivity index (χ1) is 13.9. The number of hydrogen-bond acceptors (Lipinski definition) is 4. The topological polar surface area (TPSA) is 79.5 Å². The van der Waals surface area contributed by atoms with E-state index in [-0.39, 0.29) is 23.0 Å². The van der Waals surface area contributed by atoms with Gasteiger partial charge in [0, 0.05) is 23.4 Å². The zero-order valence-electron chi connectivity index (χ0n) is 17.0. The first-order valence-corrected chi connectivity index (χ1v) is 10.1. The number of benzene rings is 2. The van der Waals surface area contributed by atoms with Crippen LogP contribution < -0.4 is 20.7 Å². The van der Waals surface area contributed by atoms with Gasteiger partial charge < -0.3 is 15.4 Å². The van der Waals surface area contributed by atoms with Gasteiger partial charge in [0.25, 0.3) is 5.91 Å². The van der Waals surface area contributed by atoms with Crippen molar-refractivity contribution in [1.82, 2.24) is 5.32 Å². The SMILES string of the molecule is CCCC(=O)Nc1ccc(NC(=S)NC(=O)c2ccc(OC(C)CC)cc2)cc1. The minimum atomic E-state index is -0.305. The molecule has 3 N–H and O–H groups in total. The molecular weight excluding hydrogens is 386 g/mol. The van der Waals surface area contributed by atoms with Crippen molar-refractivity contribution in [1.29, 1.82) is 0 Å². The Balaban J connectivity index is 1.86. The maximum atomic E-state index is 12.3. The van der Waals surface area contributed by atoms with Crippen molar-refractivity contribution < 1.29 is 14.3 Å². The number of carbonyl (C=O) groups is 2. The third-order valence-electron chi connectivity index (χ3n) is 4.16. The van der Waals surface area contributed by atoms with Crippen LogP contribution in [0.1, 0.15) is 50.4 Å². The Morgan fingerprint density at radius 1 is 0.966 bits per heavy atom. The Hall–Kier alpha value is -2.93. The number of thiocarbonyl (C=S) groups is 1. The minimum absolute atomic E-state index is 0.0171. The van der Waals surface area contributed by atoms with Gasteiger partial charge in [-0.3, -0.25) is 14.9 Å². The number of anilines is 2. The molecule has 0 aromatic heterocycles. The van der Waals surface area contributed by atoms with Crippen LogP contribution in [0.5, 0.6) is 5.75 Å². The van der Waals surface area contributed by atoms with E-state index in [0.717, 1.165) is 18.6 Å². The molecule has 6 nitrogen and oxygen atoms in total. The second-order valence-corrected chi connectivity index (χ2v) is 7.05. The van der Waals surface area contributed by atoms with E-state index in [1.807, 2.05) is 13.8 Å². The number of rotatable bonds is 8. The summed E-state index contributed by atoms with van der Waals surface area (Å²) in [5.41, 5.74) is 1.91. The average Bonchev–Trinajstić information content (AvgIpc) is 2.70. The first kappa shape index (κ1) is 22.4. The quantitative estimate of drug-likeness (QED) is 0.545. The molecule has 0 saturated carbocycles. The molecule has 1 atom stereocenters. The second kappa shape index (κ2) is 11.2. The lowest BCUT2D eigenvalue weighted by Crippen LogP contribution is -2.34. The molecule has 0 fully saturated rings. The Morgan fingerprint density at radius 2 is 1.55 bits per heavy atom. The van der Waals surface area contributed by atoms with Crippen LogP contribution in [-0.4, -0.2) is 23.0 Å². The monoisotopic (exact) mass is 413 g/mol. The smallest absolute Gasteiger partial charge is 0.257 e. The molecule has 7 heteroatoms. The summed E-state index contributed by atoms with van der Waals surface area (Å²) in [6, 6.07) is 14.0. The van der Waals surface area contributed by atoms with Gasteiger partial charge in [-0.1, -0.05) is 13.8 Å². The Kier molecular flexibility index (Phi) is 8.61. The Labute approximate surface area is 177 Å². The highest BCUT2D eigenvalue weighted by molar-refractivity contribution is 7.80. The molecule has 2 aromatic rings. The zero-order chi connectivity index (χ0) is 21.2. The van der Waals surface area contributed by atoms with E-state index in [9.17, 15) is 9.59 Å². The largest absolute Gasteiger partial charge is 0.491 e. The van der Waals surface area contributed by atoms with Crippen LogP contribution in [0, 0.1) is 0 Å². The van der Waals surface area contributed by atoms with Crippen molar-refractivity contribution in [3.05, 3.63) is 54.1 Å². The van der Waals surface area contributed by atoms with E-state index < -0.39 is 0 Å². The lowest BCUT2D eigenvalue weighted by atomic mass is 10.2. The predicted octanol–water partition coefficient (Wildman–Crippen LogP) is 4.73. The van der Waals surface area contributed by atoms with Crippen LogP contribution >= 0.6 is 12.2 Å². The summed E-state index contributed by atoms with van der Waals surface area (Å²) >= 11 is 5.21. The normalized spacial score (nSPS) is 11.3. The summed E-state index contributed by atoms with van der Waals surface area (Å²) in [6.07, 6.45) is 2.32. The molecule has 0 radical (unpaired) electrons. The van der Waals surface area contributed by atoms with Crippen molar-refractivity contribution in [2.45, 2.75) is 46.1 Å². The van der Waals surface area contributed by atoms with Gasteiger partial charge in [-0.2, -0.15) is 0 Å². The van der Waals surface area contributed by atoms with Gasteiger partial charge in [0.15, 0.2) is 5.11 Å². The summed E-state index contributed by atoms with van der Waals surface area (Å²) in [4.78, 5) is 24.0. The van der Waals surface area contributed by atoms with Gasteiger partial charge in [-0.15, -0.1) is 0 Å². The van der Waals surface area contributed by atoms with Gasteiger partial charge >= 0.3 is 0 Å². The number of ether oxygens (including phenoxy) is 1. The van der Waals surface area contributed by atoms with Gasteiger partial charge in [-0.05, 0) is 80.5 Å². The van der Waals surface area contributed by atoms with Gasteiger partial charge in [0.1, 0.15) is 5.75 Å². The fourth-order valence-electron chi connectivity index (χ4n) is 2.43. The Morgan fingerprint density at radius 3 is 2.10 bits per heavy atom. The third-order valence-corrected chi connectivity index (χ3v) is 4.36. The van der Waals surface area contributed by atoms with E-state index in [1.54, 1.807) is 48.5 Å². The van der Waals surface area contributed by atoms with Crippen molar-refractivity contribution in [3.63, 3.8) is 0 Å². The highest BCUT2D eigenvalue weighted by Crippen LogP contribution is 2.16. The summed E-state index contributed by atoms with van der Waals surface area (Å²) in [5, 5.41) is 8.62. The zero-order valence-corrected chi connectivity index (χ0v) is 17.8. The first-order valence-electron chi connectivity index (χ1n) is 9.70. The molecule has 0 heterocycles. The standard InChI is InChI=1S/C22H27N3O3S/c1-4-6-20(26)23-17-9-11-18(12-10-17)24-22(29)25-21(27)16-7-13-19(14-8-16)28-15(3)5-2/h7-15H,4-6H2,1-3H3,(H,23,26)(H2,24,25,27,29). The molecule has 154 valence electrons. The molecule has 1 unspecified atom stereocenters. The van der Waals surface area contributed by atoms with E-state index in [0.29, 0.717) is 23.4 Å². The average molecular weight is 414 g/mol. The summed E-state index contributed by atoms with van der Waals surface area (Å²) < 4.78 is 5.71. The second-order valence-electron chi connectivity index (χ2n) is 6.64. The van der Waals surface area contributed by atoms with E-state index in [4.69, 9.17) is 17.0 Å². The molecule has 29 heavy (non-hydrogen) atoms. The van der Waals surface area contributed by atoms with Crippen LogP contribution in [0.3, 0.4) is 0 Å². The van der Waals surface area contributed by atoms with Gasteiger partial charge in [-0.25, -0.2) is 0 Å². The molecule has 0 saturated heterocycles. The number of carbonyl (C=O) groups excluding carboxylic acids is 2. The molecule has 0 aliphatic heterocycles. The molecule has 2 aromatic carbocycles. The highest BCUT2D eigenvalue weighted by atomic mass is 32.1. The molecular formula is C22H27N3O3S. The van der Waals surface area contributed by atoms with E-state index in [2.05, 4.69) is 22.9 Å². The number of nitrogens with one attached hydrogen (secondary N) is 3. The predicted molar refractivity (Wildman–Crippen MR) is 120 cm³/mol. The van der Waals surface area contributed by atoms with Crippen molar-refractivity contribution in [2.75, 3.05) is 10.6 Å². The molecule has 2 rings (SSSR count). The molecule has 0 bridgehead atoms. The molecule has 0 aliphatic rings. The van der Waals surface area contributed by atoms with Crippen LogP contribution in [0.15, 0.2) is 48.5 Å². The van der Waals surface area contributed by atoms with Crippen LogP contribution in [0.25, 0.3) is 0 Å².